The highest BCUT2D eigenvalue weighted by Crippen LogP contribution is 2.31. The Morgan fingerprint density at radius 1 is 1.25 bits per heavy atom. The number of morpholine rings is 1. The van der Waals surface area contributed by atoms with Crippen molar-refractivity contribution in [2.24, 2.45) is 0 Å². The lowest BCUT2D eigenvalue weighted by Gasteiger charge is -2.29. The van der Waals surface area contributed by atoms with E-state index in [1.54, 1.807) is 6.07 Å². The van der Waals surface area contributed by atoms with Crippen molar-refractivity contribution in [3.05, 3.63) is 29.8 Å². The molecule has 1 fully saturated rings. The van der Waals surface area contributed by atoms with Crippen LogP contribution in [0.4, 0.5) is 18.9 Å². The molecule has 5 heteroatoms. The van der Waals surface area contributed by atoms with E-state index in [0.29, 0.717) is 32.0 Å². The van der Waals surface area contributed by atoms with Crippen molar-refractivity contribution in [2.75, 3.05) is 31.2 Å². The third-order valence-corrected chi connectivity index (χ3v) is 2.47. The first-order valence-corrected chi connectivity index (χ1v) is 4.99. The van der Waals surface area contributed by atoms with E-state index >= 15 is 0 Å². The lowest BCUT2D eigenvalue weighted by atomic mass is 10.1. The highest BCUT2D eigenvalue weighted by atomic mass is 19.4. The van der Waals surface area contributed by atoms with Crippen molar-refractivity contribution in [1.82, 2.24) is 0 Å². The average Bonchev–Trinajstić information content (AvgIpc) is 2.29. The van der Waals surface area contributed by atoms with Gasteiger partial charge in [-0.3, -0.25) is 0 Å². The fourth-order valence-electron chi connectivity index (χ4n) is 1.64. The molecule has 1 heterocycles. The minimum Gasteiger partial charge on any atom is -0.378 e. The van der Waals surface area contributed by atoms with Crippen LogP contribution in [-0.2, 0) is 10.9 Å². The second-order valence-electron chi connectivity index (χ2n) is 3.56. The zero-order chi connectivity index (χ0) is 11.6. The zero-order valence-corrected chi connectivity index (χ0v) is 8.55. The van der Waals surface area contributed by atoms with Gasteiger partial charge in [0, 0.05) is 18.8 Å². The molecule has 0 aromatic heterocycles. The Morgan fingerprint density at radius 2 is 1.94 bits per heavy atom. The van der Waals surface area contributed by atoms with Crippen LogP contribution in [0.15, 0.2) is 18.2 Å². The van der Waals surface area contributed by atoms with Gasteiger partial charge in [-0.1, -0.05) is 6.07 Å². The Labute approximate surface area is 91.6 Å². The third-order valence-electron chi connectivity index (χ3n) is 2.47. The van der Waals surface area contributed by atoms with Crippen molar-refractivity contribution in [2.45, 2.75) is 6.18 Å². The molecule has 0 atom stereocenters. The number of nitrogens with zero attached hydrogens (tertiary/aromatic N) is 1. The van der Waals surface area contributed by atoms with Crippen LogP contribution < -0.4 is 4.90 Å². The van der Waals surface area contributed by atoms with Crippen LogP contribution in [0.25, 0.3) is 0 Å². The summed E-state index contributed by atoms with van der Waals surface area (Å²) in [6.45, 7) is 2.36. The molecule has 0 amide bonds. The molecule has 0 bridgehead atoms. The molecule has 1 aliphatic rings. The maximum Gasteiger partial charge on any atom is 0.417 e. The van der Waals surface area contributed by atoms with Gasteiger partial charge < -0.3 is 9.64 Å². The minimum absolute atomic E-state index is 0.556. The zero-order valence-electron chi connectivity index (χ0n) is 8.55. The van der Waals surface area contributed by atoms with E-state index in [1.165, 1.54) is 6.07 Å². The van der Waals surface area contributed by atoms with Gasteiger partial charge in [0.25, 0.3) is 0 Å². The maximum atomic E-state index is 12.5. The molecule has 0 unspecified atom stereocenters. The Hall–Kier alpha value is -1.23. The molecule has 1 aromatic carbocycles. The number of hydrogen-bond donors (Lipinski definition) is 0. The SMILES string of the molecule is FC(F)(F)c1[c]ccc(N2CCOCC2)c1. The van der Waals surface area contributed by atoms with Crippen molar-refractivity contribution in [3.8, 4) is 0 Å². The Morgan fingerprint density at radius 3 is 2.56 bits per heavy atom. The van der Waals surface area contributed by atoms with Crippen LogP contribution in [0, 0.1) is 6.07 Å². The summed E-state index contributed by atoms with van der Waals surface area (Å²) < 4.78 is 42.5. The molecular formula is C11H11F3NO. The fraction of sp³-hybridized carbons (Fsp3) is 0.455. The molecule has 1 aromatic rings. The summed E-state index contributed by atoms with van der Waals surface area (Å²) in [6, 6.07) is 6.29. The molecular weight excluding hydrogens is 219 g/mol. The van der Waals surface area contributed by atoms with E-state index in [4.69, 9.17) is 4.74 Å². The first-order chi connectivity index (χ1) is 7.57. The molecule has 0 N–H and O–H groups in total. The van der Waals surface area contributed by atoms with Gasteiger partial charge in [-0.05, 0) is 18.2 Å². The van der Waals surface area contributed by atoms with Crippen molar-refractivity contribution in [1.29, 1.82) is 0 Å². The number of anilines is 1. The standard InChI is InChI=1S/C11H11F3NO/c12-11(13,14)9-2-1-3-10(8-9)15-4-6-16-7-5-15/h1,3,8H,4-7H2. The largest absolute Gasteiger partial charge is 0.417 e. The van der Waals surface area contributed by atoms with E-state index < -0.39 is 11.7 Å². The maximum absolute atomic E-state index is 12.5. The predicted molar refractivity (Wildman–Crippen MR) is 53.3 cm³/mol. The van der Waals surface area contributed by atoms with Gasteiger partial charge in [0.05, 0.1) is 18.8 Å². The quantitative estimate of drug-likeness (QED) is 0.734. The molecule has 87 valence electrons. The monoisotopic (exact) mass is 230 g/mol. The lowest BCUT2D eigenvalue weighted by molar-refractivity contribution is -0.137. The van der Waals surface area contributed by atoms with Crippen LogP contribution in [0.5, 0.6) is 0 Å². The number of ether oxygens (including phenoxy) is 1. The van der Waals surface area contributed by atoms with Crippen molar-refractivity contribution >= 4 is 5.69 Å². The fourth-order valence-corrected chi connectivity index (χ4v) is 1.64. The van der Waals surface area contributed by atoms with Gasteiger partial charge in [-0.15, -0.1) is 0 Å². The summed E-state index contributed by atoms with van der Waals surface area (Å²) in [5.74, 6) is 0. The van der Waals surface area contributed by atoms with Gasteiger partial charge in [-0.2, -0.15) is 13.2 Å². The van der Waals surface area contributed by atoms with Gasteiger partial charge in [-0.25, -0.2) is 0 Å². The second kappa shape index (κ2) is 4.33. The van der Waals surface area contributed by atoms with Crippen molar-refractivity contribution < 1.29 is 17.9 Å². The Kier molecular flexibility index (Phi) is 3.05. The van der Waals surface area contributed by atoms with Crippen LogP contribution in [0.1, 0.15) is 5.56 Å². The topological polar surface area (TPSA) is 12.5 Å². The predicted octanol–water partition coefficient (Wildman–Crippen LogP) is 2.34. The van der Waals surface area contributed by atoms with E-state index in [2.05, 4.69) is 6.07 Å². The van der Waals surface area contributed by atoms with Gasteiger partial charge in [0.1, 0.15) is 0 Å². The number of alkyl halides is 3. The minimum atomic E-state index is -4.33. The highest BCUT2D eigenvalue weighted by Gasteiger charge is 2.31. The van der Waals surface area contributed by atoms with E-state index in [0.717, 1.165) is 6.07 Å². The van der Waals surface area contributed by atoms with Crippen LogP contribution in [-0.4, -0.2) is 26.3 Å². The van der Waals surface area contributed by atoms with Crippen LogP contribution in [0.3, 0.4) is 0 Å². The molecule has 16 heavy (non-hydrogen) atoms. The lowest BCUT2D eigenvalue weighted by Crippen LogP contribution is -2.36. The molecule has 1 saturated heterocycles. The van der Waals surface area contributed by atoms with Crippen molar-refractivity contribution in [3.63, 3.8) is 0 Å². The third kappa shape index (κ3) is 2.47. The normalized spacial score (nSPS) is 17.6. The second-order valence-corrected chi connectivity index (χ2v) is 3.56. The summed E-state index contributed by atoms with van der Waals surface area (Å²) in [6.07, 6.45) is -4.33. The summed E-state index contributed by atoms with van der Waals surface area (Å²) >= 11 is 0. The molecule has 2 nitrogen and oxygen atoms in total. The van der Waals surface area contributed by atoms with Gasteiger partial charge in [0.2, 0.25) is 0 Å². The number of halogens is 3. The first kappa shape index (κ1) is 11.3. The molecule has 0 aliphatic carbocycles. The Balaban J connectivity index is 2.21. The van der Waals surface area contributed by atoms with E-state index in [1.807, 2.05) is 4.90 Å². The molecule has 0 saturated carbocycles. The van der Waals surface area contributed by atoms with Gasteiger partial charge in [0.15, 0.2) is 0 Å². The van der Waals surface area contributed by atoms with E-state index in [9.17, 15) is 13.2 Å². The average molecular weight is 230 g/mol. The first-order valence-electron chi connectivity index (χ1n) is 4.99. The summed E-state index contributed by atoms with van der Waals surface area (Å²) in [4.78, 5) is 1.88. The molecule has 1 radical (unpaired) electrons. The smallest absolute Gasteiger partial charge is 0.378 e. The van der Waals surface area contributed by atoms with Crippen LogP contribution >= 0.6 is 0 Å². The summed E-state index contributed by atoms with van der Waals surface area (Å²) in [7, 11) is 0. The van der Waals surface area contributed by atoms with Crippen LogP contribution in [0.2, 0.25) is 0 Å². The highest BCUT2D eigenvalue weighted by molar-refractivity contribution is 5.49. The molecule has 2 rings (SSSR count). The van der Waals surface area contributed by atoms with Gasteiger partial charge >= 0.3 is 6.18 Å². The summed E-state index contributed by atoms with van der Waals surface area (Å²) in [5.41, 5.74) is -0.147. The number of rotatable bonds is 1. The molecule has 0 spiro atoms. The number of hydrogen-bond acceptors (Lipinski definition) is 2. The van der Waals surface area contributed by atoms with E-state index in [-0.39, 0.29) is 0 Å². The number of benzene rings is 1. The summed E-state index contributed by atoms with van der Waals surface area (Å²) in [5, 5.41) is 0. The molecule has 1 aliphatic heterocycles. The Bertz CT molecular complexity index is 358.